The lowest BCUT2D eigenvalue weighted by atomic mass is 10.5. The lowest BCUT2D eigenvalue weighted by Crippen LogP contribution is -1.96. The van der Waals surface area contributed by atoms with Crippen LogP contribution in [0, 0.1) is 6.57 Å². The molecule has 0 spiro atoms. The highest BCUT2D eigenvalue weighted by atomic mass is 32.1. The van der Waals surface area contributed by atoms with Gasteiger partial charge in [-0.05, 0) is 12.1 Å². The van der Waals surface area contributed by atoms with Crippen LogP contribution in [0.1, 0.15) is 9.67 Å². The summed E-state index contributed by atoms with van der Waals surface area (Å²) in [5, 5.41) is 0.505. The predicted octanol–water partition coefficient (Wildman–Crippen LogP) is 2.09. The van der Waals surface area contributed by atoms with Gasteiger partial charge in [-0.2, -0.15) is 0 Å². The maximum absolute atomic E-state index is 10.8. The molecule has 0 aliphatic heterocycles. The molecule has 0 bridgehead atoms. The number of hydrogen-bond acceptors (Lipinski definition) is 3. The summed E-state index contributed by atoms with van der Waals surface area (Å²) in [4.78, 5) is 14.5. The summed E-state index contributed by atoms with van der Waals surface area (Å²) in [6, 6.07) is 3.19. The Kier molecular flexibility index (Phi) is 2.24. The van der Waals surface area contributed by atoms with Crippen LogP contribution in [0.5, 0.6) is 0 Å². The normalized spacial score (nSPS) is 8.73. The molecule has 3 nitrogen and oxygen atoms in total. The van der Waals surface area contributed by atoms with Gasteiger partial charge in [-0.25, -0.2) is 9.64 Å². The van der Waals surface area contributed by atoms with Crippen LogP contribution in [0.4, 0.5) is 5.00 Å². The zero-order valence-corrected chi connectivity index (χ0v) is 6.64. The van der Waals surface area contributed by atoms with Gasteiger partial charge in [0.1, 0.15) is 0 Å². The number of carbonyl (C=O) groups excluding carboxylic acids is 1. The highest BCUT2D eigenvalue weighted by Gasteiger charge is 2.07. The van der Waals surface area contributed by atoms with Gasteiger partial charge >= 0.3 is 5.97 Å². The number of carbonyl (C=O) groups is 1. The topological polar surface area (TPSA) is 30.7 Å². The van der Waals surface area contributed by atoms with Crippen molar-refractivity contribution in [2.24, 2.45) is 0 Å². The third kappa shape index (κ3) is 1.57. The van der Waals surface area contributed by atoms with E-state index in [0.717, 1.165) is 11.3 Å². The van der Waals surface area contributed by atoms with Gasteiger partial charge in [-0.1, -0.05) is 0 Å². The smallest absolute Gasteiger partial charge is 0.346 e. The van der Waals surface area contributed by atoms with E-state index in [1.54, 1.807) is 12.1 Å². The maximum atomic E-state index is 10.8. The van der Waals surface area contributed by atoms with E-state index in [1.165, 1.54) is 7.11 Å². The average Bonchev–Trinajstić information content (AvgIpc) is 2.50. The van der Waals surface area contributed by atoms with Gasteiger partial charge in [0, 0.05) is 0 Å². The predicted molar refractivity (Wildman–Crippen MR) is 41.9 cm³/mol. The lowest BCUT2D eigenvalue weighted by Gasteiger charge is -1.90. The van der Waals surface area contributed by atoms with E-state index in [1.807, 2.05) is 0 Å². The molecule has 0 fully saturated rings. The molecule has 0 amide bonds. The van der Waals surface area contributed by atoms with Crippen LogP contribution in [-0.4, -0.2) is 13.1 Å². The van der Waals surface area contributed by atoms with E-state index < -0.39 is 0 Å². The van der Waals surface area contributed by atoms with Gasteiger partial charge < -0.3 is 4.74 Å². The van der Waals surface area contributed by atoms with Crippen molar-refractivity contribution in [1.29, 1.82) is 0 Å². The summed E-state index contributed by atoms with van der Waals surface area (Å²) in [6.07, 6.45) is 0. The number of thiophene rings is 1. The third-order valence-corrected chi connectivity index (χ3v) is 2.05. The summed E-state index contributed by atoms with van der Waals surface area (Å²) in [5.74, 6) is -0.384. The monoisotopic (exact) mass is 167 g/mol. The molecule has 1 aromatic heterocycles. The number of rotatable bonds is 1. The first kappa shape index (κ1) is 7.76. The van der Waals surface area contributed by atoms with Crippen molar-refractivity contribution in [2.75, 3.05) is 7.11 Å². The number of ether oxygens (including phenoxy) is 1. The van der Waals surface area contributed by atoms with Crippen molar-refractivity contribution < 1.29 is 9.53 Å². The Morgan fingerprint density at radius 3 is 2.91 bits per heavy atom. The summed E-state index contributed by atoms with van der Waals surface area (Å²) < 4.78 is 4.46. The second-order valence-electron chi connectivity index (χ2n) is 1.74. The Balaban J connectivity index is 2.91. The van der Waals surface area contributed by atoms with Crippen LogP contribution >= 0.6 is 11.3 Å². The molecule has 0 N–H and O–H groups in total. The molecule has 11 heavy (non-hydrogen) atoms. The zero-order chi connectivity index (χ0) is 8.27. The van der Waals surface area contributed by atoms with Crippen LogP contribution in [0.15, 0.2) is 12.1 Å². The fourth-order valence-corrected chi connectivity index (χ4v) is 1.31. The van der Waals surface area contributed by atoms with Crippen molar-refractivity contribution in [2.45, 2.75) is 0 Å². The molecule has 1 aromatic rings. The molecule has 0 unspecified atom stereocenters. The van der Waals surface area contributed by atoms with E-state index in [2.05, 4.69) is 9.58 Å². The second-order valence-corrected chi connectivity index (χ2v) is 2.80. The number of nitrogens with zero attached hydrogens (tertiary/aromatic N) is 1. The molecule has 0 saturated carbocycles. The Morgan fingerprint density at radius 1 is 1.73 bits per heavy atom. The minimum atomic E-state index is -0.384. The fraction of sp³-hybridized carbons (Fsp3) is 0.143. The van der Waals surface area contributed by atoms with E-state index >= 15 is 0 Å². The molecule has 1 heterocycles. The van der Waals surface area contributed by atoms with Crippen LogP contribution < -0.4 is 0 Å². The maximum Gasteiger partial charge on any atom is 0.346 e. The van der Waals surface area contributed by atoms with Crippen LogP contribution in [-0.2, 0) is 4.74 Å². The molecule has 56 valence electrons. The molecule has 0 aromatic carbocycles. The first-order valence-electron chi connectivity index (χ1n) is 2.83. The summed E-state index contributed by atoms with van der Waals surface area (Å²) in [5.41, 5.74) is 0. The van der Waals surface area contributed by atoms with E-state index in [0.29, 0.717) is 9.88 Å². The molecule has 4 heteroatoms. The first-order chi connectivity index (χ1) is 5.27. The molecular weight excluding hydrogens is 162 g/mol. The Hall–Kier alpha value is -1.34. The van der Waals surface area contributed by atoms with E-state index in [4.69, 9.17) is 6.57 Å². The standard InChI is InChI=1S/C7H5NO2S/c1-8-6-4-3-5(11-6)7(9)10-2/h3-4H,2H3. The Labute approximate surface area is 68.0 Å². The third-order valence-electron chi connectivity index (χ3n) is 1.09. The first-order valence-corrected chi connectivity index (χ1v) is 3.65. The molecule has 0 aliphatic carbocycles. The van der Waals surface area contributed by atoms with Gasteiger partial charge in [-0.3, -0.25) is 0 Å². The Morgan fingerprint density at radius 2 is 2.45 bits per heavy atom. The minimum absolute atomic E-state index is 0.384. The molecule has 0 radical (unpaired) electrons. The van der Waals surface area contributed by atoms with E-state index in [-0.39, 0.29) is 5.97 Å². The highest BCUT2D eigenvalue weighted by molar-refractivity contribution is 7.17. The molecule has 1 rings (SSSR count). The molecular formula is C7H5NO2S. The van der Waals surface area contributed by atoms with E-state index in [9.17, 15) is 4.79 Å². The number of esters is 1. The summed E-state index contributed by atoms with van der Waals surface area (Å²) in [6.45, 7) is 6.64. The van der Waals surface area contributed by atoms with Gasteiger partial charge in [0.25, 0.3) is 0 Å². The second kappa shape index (κ2) is 3.17. The fourth-order valence-electron chi connectivity index (χ4n) is 0.598. The summed E-state index contributed by atoms with van der Waals surface area (Å²) in [7, 11) is 1.32. The minimum Gasteiger partial charge on any atom is -0.465 e. The highest BCUT2D eigenvalue weighted by Crippen LogP contribution is 2.24. The van der Waals surface area contributed by atoms with Crippen molar-refractivity contribution in [3.63, 3.8) is 0 Å². The Bertz CT molecular complexity index is 310. The van der Waals surface area contributed by atoms with Gasteiger partial charge in [0.05, 0.1) is 18.6 Å². The van der Waals surface area contributed by atoms with Crippen molar-refractivity contribution in [3.05, 3.63) is 28.4 Å². The average molecular weight is 167 g/mol. The zero-order valence-electron chi connectivity index (χ0n) is 5.83. The van der Waals surface area contributed by atoms with Crippen molar-refractivity contribution in [1.82, 2.24) is 0 Å². The quantitative estimate of drug-likeness (QED) is 0.473. The number of methoxy groups -OCH3 is 1. The molecule has 0 aliphatic rings. The SMILES string of the molecule is [C-]#[N+]c1ccc(C(=O)OC)s1. The van der Waals surface area contributed by atoms with Crippen LogP contribution in [0.3, 0.4) is 0 Å². The summed E-state index contributed by atoms with van der Waals surface area (Å²) >= 11 is 1.14. The van der Waals surface area contributed by atoms with Crippen molar-refractivity contribution in [3.8, 4) is 0 Å². The van der Waals surface area contributed by atoms with Gasteiger partial charge in [0.2, 0.25) is 5.00 Å². The van der Waals surface area contributed by atoms with Crippen LogP contribution in [0.25, 0.3) is 4.85 Å². The van der Waals surface area contributed by atoms with Gasteiger partial charge in [-0.15, -0.1) is 11.3 Å². The molecule has 0 atom stereocenters. The molecule has 0 saturated heterocycles. The van der Waals surface area contributed by atoms with Crippen LogP contribution in [0.2, 0.25) is 0 Å². The van der Waals surface area contributed by atoms with Gasteiger partial charge in [0.15, 0.2) is 0 Å². The lowest BCUT2D eigenvalue weighted by molar-refractivity contribution is 0.0606. The largest absolute Gasteiger partial charge is 0.465 e. The number of hydrogen-bond donors (Lipinski definition) is 0. The van der Waals surface area contributed by atoms with Crippen molar-refractivity contribution >= 4 is 22.3 Å².